The van der Waals surface area contributed by atoms with Crippen molar-refractivity contribution in [2.24, 2.45) is 0 Å². The van der Waals surface area contributed by atoms with E-state index < -0.39 is 11.9 Å². The van der Waals surface area contributed by atoms with E-state index in [1.807, 2.05) is 49.4 Å². The normalized spacial score (nSPS) is 12.0. The Hall–Kier alpha value is -2.40. The second-order valence-electron chi connectivity index (χ2n) is 5.64. The van der Waals surface area contributed by atoms with Crippen LogP contribution in [0.25, 0.3) is 10.8 Å². The zero-order valence-corrected chi connectivity index (χ0v) is 15.2. The molecule has 3 aromatic carbocycles. The van der Waals surface area contributed by atoms with Gasteiger partial charge >= 0.3 is 0 Å². The summed E-state index contributed by atoms with van der Waals surface area (Å²) < 4.78 is 20.3. The van der Waals surface area contributed by atoms with Crippen LogP contribution in [0.1, 0.15) is 13.3 Å². The Labute approximate surface area is 153 Å². The number of halogens is 2. The molecule has 3 aromatic rings. The largest absolute Gasteiger partial charge is 0.481 e. The van der Waals surface area contributed by atoms with Crippen LogP contribution in [0.4, 0.5) is 10.1 Å². The number of carbonyl (C=O) groups excluding carboxylic acids is 1. The van der Waals surface area contributed by atoms with Crippen molar-refractivity contribution in [2.75, 3.05) is 5.32 Å². The maximum absolute atomic E-state index is 13.9. The Kier molecular flexibility index (Phi) is 5.34. The van der Waals surface area contributed by atoms with E-state index in [9.17, 15) is 9.18 Å². The molecule has 25 heavy (non-hydrogen) atoms. The minimum absolute atomic E-state index is 0.133. The first kappa shape index (κ1) is 17.4. The van der Waals surface area contributed by atoms with E-state index in [0.717, 1.165) is 10.8 Å². The van der Waals surface area contributed by atoms with Crippen LogP contribution >= 0.6 is 15.9 Å². The van der Waals surface area contributed by atoms with E-state index in [1.54, 1.807) is 6.07 Å². The minimum Gasteiger partial charge on any atom is -0.481 e. The van der Waals surface area contributed by atoms with Crippen molar-refractivity contribution in [3.63, 3.8) is 0 Å². The van der Waals surface area contributed by atoms with Gasteiger partial charge < -0.3 is 10.1 Å². The van der Waals surface area contributed by atoms with Gasteiger partial charge in [-0.3, -0.25) is 4.79 Å². The molecule has 1 amide bonds. The molecule has 3 rings (SSSR count). The van der Waals surface area contributed by atoms with Crippen LogP contribution in [0.2, 0.25) is 0 Å². The lowest BCUT2D eigenvalue weighted by molar-refractivity contribution is -0.122. The molecule has 0 spiro atoms. The highest BCUT2D eigenvalue weighted by Crippen LogP contribution is 2.23. The molecule has 0 aliphatic rings. The monoisotopic (exact) mass is 401 g/mol. The third-order valence-corrected chi connectivity index (χ3v) is 4.34. The van der Waals surface area contributed by atoms with Crippen molar-refractivity contribution in [3.05, 3.63) is 71.0 Å². The molecule has 0 heterocycles. The number of fused-ring (bicyclic) bond motifs is 1. The molecule has 0 aliphatic heterocycles. The fourth-order valence-corrected chi connectivity index (χ4v) is 2.86. The molecule has 0 aliphatic carbocycles. The number of hydrogen-bond acceptors (Lipinski definition) is 2. The van der Waals surface area contributed by atoms with E-state index in [-0.39, 0.29) is 11.6 Å². The van der Waals surface area contributed by atoms with Gasteiger partial charge in [0.2, 0.25) is 0 Å². The third-order valence-electron chi connectivity index (χ3n) is 3.85. The summed E-state index contributed by atoms with van der Waals surface area (Å²) in [6, 6.07) is 18.1. The molecule has 0 aromatic heterocycles. The Morgan fingerprint density at radius 2 is 1.88 bits per heavy atom. The maximum atomic E-state index is 13.9. The van der Waals surface area contributed by atoms with Gasteiger partial charge in [0, 0.05) is 4.47 Å². The zero-order valence-electron chi connectivity index (χ0n) is 13.6. The minimum atomic E-state index is -0.704. The van der Waals surface area contributed by atoms with E-state index in [4.69, 9.17) is 4.74 Å². The van der Waals surface area contributed by atoms with Gasteiger partial charge in [-0.05, 0) is 47.5 Å². The molecule has 1 N–H and O–H groups in total. The summed E-state index contributed by atoms with van der Waals surface area (Å²) in [6.45, 7) is 1.85. The van der Waals surface area contributed by atoms with Crippen molar-refractivity contribution in [1.29, 1.82) is 0 Å². The lowest BCUT2D eigenvalue weighted by Gasteiger charge is -2.18. The first-order chi connectivity index (χ1) is 12.1. The average Bonchev–Trinajstić information content (AvgIpc) is 2.61. The van der Waals surface area contributed by atoms with Gasteiger partial charge in [-0.15, -0.1) is 0 Å². The molecule has 128 valence electrons. The predicted molar refractivity (Wildman–Crippen MR) is 101 cm³/mol. The molecule has 0 radical (unpaired) electrons. The van der Waals surface area contributed by atoms with Gasteiger partial charge in [-0.1, -0.05) is 53.2 Å². The molecule has 0 bridgehead atoms. The van der Waals surface area contributed by atoms with Crippen molar-refractivity contribution in [2.45, 2.75) is 19.4 Å². The lowest BCUT2D eigenvalue weighted by Crippen LogP contribution is -2.32. The number of rotatable bonds is 5. The van der Waals surface area contributed by atoms with Gasteiger partial charge in [0.25, 0.3) is 5.91 Å². The van der Waals surface area contributed by atoms with E-state index in [2.05, 4.69) is 21.2 Å². The summed E-state index contributed by atoms with van der Waals surface area (Å²) in [6.07, 6.45) is -0.235. The number of benzene rings is 3. The smallest absolute Gasteiger partial charge is 0.265 e. The first-order valence-electron chi connectivity index (χ1n) is 7.98. The predicted octanol–water partition coefficient (Wildman–Crippen LogP) is 5.54. The van der Waals surface area contributed by atoms with Gasteiger partial charge in [0.15, 0.2) is 6.10 Å². The molecule has 5 heteroatoms. The molecular weight excluding hydrogens is 385 g/mol. The Balaban J connectivity index is 1.75. The van der Waals surface area contributed by atoms with Crippen LogP contribution in [0.5, 0.6) is 5.75 Å². The second kappa shape index (κ2) is 7.66. The van der Waals surface area contributed by atoms with Crippen LogP contribution in [0.15, 0.2) is 65.1 Å². The first-order valence-corrected chi connectivity index (χ1v) is 8.77. The molecular formula is C20H17BrFNO2. The number of nitrogens with one attached hydrogen (secondary N) is 1. The van der Waals surface area contributed by atoms with Crippen LogP contribution in [0, 0.1) is 5.82 Å². The summed E-state index contributed by atoms with van der Waals surface area (Å²) >= 11 is 3.19. The number of anilines is 1. The molecule has 0 saturated heterocycles. The molecule has 0 saturated carbocycles. The second-order valence-corrected chi connectivity index (χ2v) is 6.55. The van der Waals surface area contributed by atoms with E-state index in [0.29, 0.717) is 16.6 Å². The molecule has 3 nitrogen and oxygen atoms in total. The summed E-state index contributed by atoms with van der Waals surface area (Å²) in [5, 5.41) is 4.72. The SMILES string of the molecule is CC[C@H](Oc1ccc2ccccc2c1)C(=O)Nc1ccc(Br)cc1F. The van der Waals surface area contributed by atoms with Gasteiger partial charge in [-0.2, -0.15) is 0 Å². The average molecular weight is 402 g/mol. The standard InChI is InChI=1S/C20H17BrFNO2/c1-2-19(20(24)23-18-10-8-15(21)12-17(18)22)25-16-9-7-13-5-3-4-6-14(13)11-16/h3-12,19H,2H2,1H3,(H,23,24)/t19-/m0/s1. The summed E-state index contributed by atoms with van der Waals surface area (Å²) in [5.74, 6) is -0.267. The maximum Gasteiger partial charge on any atom is 0.265 e. The summed E-state index contributed by atoms with van der Waals surface area (Å²) in [5.41, 5.74) is 0.133. The third kappa shape index (κ3) is 4.17. The van der Waals surface area contributed by atoms with Crippen molar-refractivity contribution in [3.8, 4) is 5.75 Å². The number of ether oxygens (including phenoxy) is 1. The van der Waals surface area contributed by atoms with Crippen molar-refractivity contribution >= 4 is 38.3 Å². The molecule has 0 unspecified atom stereocenters. The van der Waals surface area contributed by atoms with E-state index in [1.165, 1.54) is 12.1 Å². The van der Waals surface area contributed by atoms with Crippen LogP contribution in [-0.2, 0) is 4.79 Å². The van der Waals surface area contributed by atoms with Crippen molar-refractivity contribution in [1.82, 2.24) is 0 Å². The zero-order chi connectivity index (χ0) is 17.8. The van der Waals surface area contributed by atoms with Crippen LogP contribution < -0.4 is 10.1 Å². The molecule has 0 fully saturated rings. The van der Waals surface area contributed by atoms with Crippen LogP contribution in [-0.4, -0.2) is 12.0 Å². The summed E-state index contributed by atoms with van der Waals surface area (Å²) in [4.78, 5) is 12.4. The van der Waals surface area contributed by atoms with Gasteiger partial charge in [-0.25, -0.2) is 4.39 Å². The highest BCUT2D eigenvalue weighted by molar-refractivity contribution is 9.10. The quantitative estimate of drug-likeness (QED) is 0.609. The number of carbonyl (C=O) groups is 1. The van der Waals surface area contributed by atoms with Gasteiger partial charge in [0.05, 0.1) is 5.69 Å². The van der Waals surface area contributed by atoms with Crippen molar-refractivity contribution < 1.29 is 13.9 Å². The molecule has 1 atom stereocenters. The Morgan fingerprint density at radius 1 is 1.12 bits per heavy atom. The number of amides is 1. The fraction of sp³-hybridized carbons (Fsp3) is 0.150. The highest BCUT2D eigenvalue weighted by atomic mass is 79.9. The fourth-order valence-electron chi connectivity index (χ4n) is 2.53. The van der Waals surface area contributed by atoms with Gasteiger partial charge in [0.1, 0.15) is 11.6 Å². The topological polar surface area (TPSA) is 38.3 Å². The summed E-state index contributed by atoms with van der Waals surface area (Å²) in [7, 11) is 0. The van der Waals surface area contributed by atoms with E-state index >= 15 is 0 Å². The highest BCUT2D eigenvalue weighted by Gasteiger charge is 2.20. The lowest BCUT2D eigenvalue weighted by atomic mass is 10.1. The van der Waals surface area contributed by atoms with Crippen LogP contribution in [0.3, 0.4) is 0 Å². The number of hydrogen-bond donors (Lipinski definition) is 1. The Bertz CT molecular complexity index is 913. The Morgan fingerprint density at radius 3 is 2.60 bits per heavy atom.